The Morgan fingerprint density at radius 3 is 2.59 bits per heavy atom. The van der Waals surface area contributed by atoms with Gasteiger partial charge in [0.05, 0.1) is 12.6 Å². The summed E-state index contributed by atoms with van der Waals surface area (Å²) in [7, 11) is 0. The zero-order chi connectivity index (χ0) is 12.8. The Bertz CT molecular complexity index is 320. The van der Waals surface area contributed by atoms with Gasteiger partial charge in [-0.15, -0.1) is 0 Å². The molecule has 0 aliphatic carbocycles. The fraction of sp³-hybridized carbons (Fsp3) is 0.769. The van der Waals surface area contributed by atoms with Gasteiger partial charge in [-0.2, -0.15) is 0 Å². The highest BCUT2D eigenvalue weighted by molar-refractivity contribution is 4.97. The summed E-state index contributed by atoms with van der Waals surface area (Å²) < 4.78 is 2.03. The minimum absolute atomic E-state index is 0.361. The number of aliphatic hydroxyl groups excluding tert-OH is 1. The number of nitrogens with one attached hydrogen (secondary N) is 1. The van der Waals surface area contributed by atoms with Crippen molar-refractivity contribution in [1.82, 2.24) is 14.9 Å². The van der Waals surface area contributed by atoms with Crippen molar-refractivity contribution in [1.29, 1.82) is 0 Å². The Hall–Kier alpha value is -0.870. The predicted octanol–water partition coefficient (Wildman–Crippen LogP) is 1.61. The SMILES string of the molecule is CC(C)CNCC(O)Cn1ccnc1C(C)C. The van der Waals surface area contributed by atoms with Crippen LogP contribution in [0.1, 0.15) is 39.4 Å². The Balaban J connectivity index is 2.39. The van der Waals surface area contributed by atoms with Crippen LogP contribution in [0.25, 0.3) is 0 Å². The van der Waals surface area contributed by atoms with Crippen molar-refractivity contribution in [2.45, 2.75) is 46.3 Å². The molecule has 1 aromatic rings. The minimum Gasteiger partial charge on any atom is -0.390 e. The zero-order valence-electron chi connectivity index (χ0n) is 11.3. The third-order valence-electron chi connectivity index (χ3n) is 2.60. The smallest absolute Gasteiger partial charge is 0.111 e. The second kappa shape index (κ2) is 6.77. The molecular formula is C13H25N3O. The van der Waals surface area contributed by atoms with Crippen LogP contribution in [-0.4, -0.2) is 33.9 Å². The largest absolute Gasteiger partial charge is 0.390 e. The predicted molar refractivity (Wildman–Crippen MR) is 70.0 cm³/mol. The van der Waals surface area contributed by atoms with E-state index in [0.717, 1.165) is 12.4 Å². The second-order valence-electron chi connectivity index (χ2n) is 5.30. The van der Waals surface area contributed by atoms with E-state index in [2.05, 4.69) is 38.0 Å². The van der Waals surface area contributed by atoms with Crippen molar-refractivity contribution in [3.05, 3.63) is 18.2 Å². The molecule has 98 valence electrons. The molecule has 1 atom stereocenters. The Labute approximate surface area is 104 Å². The van der Waals surface area contributed by atoms with Gasteiger partial charge in [0.15, 0.2) is 0 Å². The molecule has 1 rings (SSSR count). The molecule has 0 amide bonds. The summed E-state index contributed by atoms with van der Waals surface area (Å²) in [5.74, 6) is 2.04. The van der Waals surface area contributed by atoms with E-state index in [0.29, 0.717) is 24.9 Å². The van der Waals surface area contributed by atoms with E-state index in [1.807, 2.05) is 10.8 Å². The first kappa shape index (κ1) is 14.2. The summed E-state index contributed by atoms with van der Waals surface area (Å²) in [4.78, 5) is 4.31. The van der Waals surface area contributed by atoms with Crippen LogP contribution >= 0.6 is 0 Å². The van der Waals surface area contributed by atoms with Crippen LogP contribution < -0.4 is 5.32 Å². The molecule has 0 fully saturated rings. The van der Waals surface area contributed by atoms with Gasteiger partial charge in [-0.25, -0.2) is 4.98 Å². The Kier molecular flexibility index (Phi) is 5.65. The third kappa shape index (κ3) is 4.88. The standard InChI is InChI=1S/C13H25N3O/c1-10(2)7-14-8-12(17)9-16-6-5-15-13(16)11(3)4/h5-6,10-12,14,17H,7-9H2,1-4H3. The molecule has 0 aliphatic heterocycles. The van der Waals surface area contributed by atoms with E-state index in [1.165, 1.54) is 0 Å². The van der Waals surface area contributed by atoms with Crippen molar-refractivity contribution < 1.29 is 5.11 Å². The molecule has 1 aromatic heterocycles. The Morgan fingerprint density at radius 1 is 1.29 bits per heavy atom. The molecule has 17 heavy (non-hydrogen) atoms. The van der Waals surface area contributed by atoms with Crippen molar-refractivity contribution >= 4 is 0 Å². The molecule has 1 heterocycles. The van der Waals surface area contributed by atoms with Gasteiger partial charge in [-0.1, -0.05) is 27.7 Å². The summed E-state index contributed by atoms with van der Waals surface area (Å²) in [5.41, 5.74) is 0. The fourth-order valence-electron chi connectivity index (χ4n) is 1.81. The summed E-state index contributed by atoms with van der Waals surface area (Å²) in [6.45, 7) is 10.7. The van der Waals surface area contributed by atoms with E-state index >= 15 is 0 Å². The van der Waals surface area contributed by atoms with Crippen molar-refractivity contribution in [2.24, 2.45) is 5.92 Å². The van der Waals surface area contributed by atoms with Crippen molar-refractivity contribution in [2.75, 3.05) is 13.1 Å². The highest BCUT2D eigenvalue weighted by atomic mass is 16.3. The third-order valence-corrected chi connectivity index (χ3v) is 2.60. The highest BCUT2D eigenvalue weighted by Crippen LogP contribution is 2.11. The lowest BCUT2D eigenvalue weighted by molar-refractivity contribution is 0.149. The van der Waals surface area contributed by atoms with Crippen LogP contribution in [0.2, 0.25) is 0 Å². The van der Waals surface area contributed by atoms with Crippen LogP contribution in [0.15, 0.2) is 12.4 Å². The number of hydrogen-bond donors (Lipinski definition) is 2. The van der Waals surface area contributed by atoms with Gasteiger partial charge in [-0.3, -0.25) is 0 Å². The molecule has 2 N–H and O–H groups in total. The number of hydrogen-bond acceptors (Lipinski definition) is 3. The first-order chi connectivity index (χ1) is 8.00. The van der Waals surface area contributed by atoms with E-state index in [1.54, 1.807) is 6.20 Å². The molecule has 4 heteroatoms. The monoisotopic (exact) mass is 239 g/mol. The van der Waals surface area contributed by atoms with Gasteiger partial charge in [0.1, 0.15) is 5.82 Å². The number of rotatable bonds is 7. The van der Waals surface area contributed by atoms with E-state index in [9.17, 15) is 5.11 Å². The molecule has 0 saturated heterocycles. The number of imidazole rings is 1. The van der Waals surface area contributed by atoms with Crippen molar-refractivity contribution in [3.63, 3.8) is 0 Å². The average molecular weight is 239 g/mol. The van der Waals surface area contributed by atoms with Gasteiger partial charge in [0, 0.05) is 24.9 Å². The molecule has 0 bridgehead atoms. The summed E-state index contributed by atoms with van der Waals surface area (Å²) >= 11 is 0. The summed E-state index contributed by atoms with van der Waals surface area (Å²) in [6.07, 6.45) is 3.37. The van der Waals surface area contributed by atoms with Gasteiger partial charge in [-0.05, 0) is 12.5 Å². The van der Waals surface area contributed by atoms with Gasteiger partial charge in [0.25, 0.3) is 0 Å². The zero-order valence-corrected chi connectivity index (χ0v) is 11.3. The molecular weight excluding hydrogens is 214 g/mol. The maximum Gasteiger partial charge on any atom is 0.111 e. The molecule has 0 saturated carbocycles. The van der Waals surface area contributed by atoms with Crippen LogP contribution in [0.3, 0.4) is 0 Å². The quantitative estimate of drug-likeness (QED) is 0.760. The number of nitrogens with zero attached hydrogens (tertiary/aromatic N) is 2. The van der Waals surface area contributed by atoms with Gasteiger partial charge in [0.2, 0.25) is 0 Å². The maximum absolute atomic E-state index is 9.93. The molecule has 1 unspecified atom stereocenters. The molecule has 0 aromatic carbocycles. The lowest BCUT2D eigenvalue weighted by Gasteiger charge is -2.16. The van der Waals surface area contributed by atoms with Gasteiger partial charge < -0.3 is 15.0 Å². The average Bonchev–Trinajstić information content (AvgIpc) is 2.65. The second-order valence-corrected chi connectivity index (χ2v) is 5.30. The van der Waals surface area contributed by atoms with Crippen LogP contribution in [0.4, 0.5) is 0 Å². The maximum atomic E-state index is 9.93. The van der Waals surface area contributed by atoms with E-state index in [-0.39, 0.29) is 6.10 Å². The Morgan fingerprint density at radius 2 is 2.00 bits per heavy atom. The summed E-state index contributed by atoms with van der Waals surface area (Å²) in [5, 5.41) is 13.2. The van der Waals surface area contributed by atoms with Gasteiger partial charge >= 0.3 is 0 Å². The van der Waals surface area contributed by atoms with E-state index in [4.69, 9.17) is 0 Å². The first-order valence-electron chi connectivity index (χ1n) is 6.40. The number of aromatic nitrogens is 2. The lowest BCUT2D eigenvalue weighted by atomic mass is 10.2. The van der Waals surface area contributed by atoms with Crippen LogP contribution in [0.5, 0.6) is 0 Å². The highest BCUT2D eigenvalue weighted by Gasteiger charge is 2.11. The molecule has 0 radical (unpaired) electrons. The topological polar surface area (TPSA) is 50.1 Å². The molecule has 0 spiro atoms. The molecule has 4 nitrogen and oxygen atoms in total. The minimum atomic E-state index is -0.361. The fourth-order valence-corrected chi connectivity index (χ4v) is 1.81. The van der Waals surface area contributed by atoms with E-state index < -0.39 is 0 Å². The first-order valence-corrected chi connectivity index (χ1v) is 6.40. The lowest BCUT2D eigenvalue weighted by Crippen LogP contribution is -2.32. The van der Waals surface area contributed by atoms with Crippen LogP contribution in [0, 0.1) is 5.92 Å². The normalized spacial score (nSPS) is 13.6. The summed E-state index contributed by atoms with van der Waals surface area (Å²) in [6, 6.07) is 0. The van der Waals surface area contributed by atoms with Crippen LogP contribution in [-0.2, 0) is 6.54 Å². The molecule has 0 aliphatic rings. The number of aliphatic hydroxyl groups is 1. The van der Waals surface area contributed by atoms with Crippen molar-refractivity contribution in [3.8, 4) is 0 Å².